The van der Waals surface area contributed by atoms with Crippen LogP contribution in [0.1, 0.15) is 41.4 Å². The first-order chi connectivity index (χ1) is 9.61. The van der Waals surface area contributed by atoms with Crippen molar-refractivity contribution in [1.29, 1.82) is 5.26 Å². The molecule has 1 aromatic heterocycles. The van der Waals surface area contributed by atoms with Gasteiger partial charge in [0.2, 0.25) is 0 Å². The van der Waals surface area contributed by atoms with Gasteiger partial charge in [0.05, 0.1) is 11.3 Å². The van der Waals surface area contributed by atoms with Gasteiger partial charge in [-0.1, -0.05) is 0 Å². The van der Waals surface area contributed by atoms with Crippen LogP contribution in [0.15, 0.2) is 24.3 Å². The molecule has 0 amide bonds. The maximum atomic E-state index is 13.3. The molecule has 0 saturated heterocycles. The molecule has 1 aliphatic rings. The molecular weight excluding hydrogens is 253 g/mol. The van der Waals surface area contributed by atoms with Crippen LogP contribution in [-0.4, -0.2) is 4.57 Å². The second-order valence-corrected chi connectivity index (χ2v) is 5.30. The van der Waals surface area contributed by atoms with Crippen LogP contribution in [-0.2, 0) is 6.42 Å². The van der Waals surface area contributed by atoms with Crippen molar-refractivity contribution in [3.05, 3.63) is 52.6 Å². The smallest absolute Gasteiger partial charge is 0.124 e. The third-order valence-corrected chi connectivity index (χ3v) is 3.97. The van der Waals surface area contributed by atoms with Gasteiger partial charge < -0.3 is 10.3 Å². The monoisotopic (exact) mass is 269 g/mol. The fourth-order valence-electron chi connectivity index (χ4n) is 3.07. The Morgan fingerprint density at radius 3 is 2.95 bits per heavy atom. The van der Waals surface area contributed by atoms with Gasteiger partial charge in [-0.3, -0.25) is 0 Å². The maximum absolute atomic E-state index is 13.3. The largest absolute Gasteiger partial charge is 0.324 e. The van der Waals surface area contributed by atoms with Crippen molar-refractivity contribution in [2.24, 2.45) is 5.73 Å². The zero-order chi connectivity index (χ0) is 14.3. The van der Waals surface area contributed by atoms with Gasteiger partial charge >= 0.3 is 0 Å². The molecule has 4 heteroatoms. The molecule has 2 aromatic rings. The quantitative estimate of drug-likeness (QED) is 0.864. The number of halogens is 1. The minimum atomic E-state index is -0.388. The van der Waals surface area contributed by atoms with E-state index in [1.807, 2.05) is 11.5 Å². The average Bonchev–Trinajstić information content (AvgIpc) is 2.77. The van der Waals surface area contributed by atoms with Gasteiger partial charge in [-0.15, -0.1) is 0 Å². The summed E-state index contributed by atoms with van der Waals surface area (Å²) in [6, 6.07) is 8.57. The van der Waals surface area contributed by atoms with Crippen molar-refractivity contribution < 1.29 is 4.39 Å². The molecule has 20 heavy (non-hydrogen) atoms. The summed E-state index contributed by atoms with van der Waals surface area (Å²) in [4.78, 5) is 0. The van der Waals surface area contributed by atoms with E-state index < -0.39 is 0 Å². The van der Waals surface area contributed by atoms with Gasteiger partial charge in [0, 0.05) is 17.4 Å². The molecule has 0 aliphatic heterocycles. The lowest BCUT2D eigenvalue weighted by atomic mass is 9.93. The fraction of sp³-hybridized carbons (Fsp3) is 0.312. The third-order valence-electron chi connectivity index (χ3n) is 3.97. The Labute approximate surface area is 117 Å². The van der Waals surface area contributed by atoms with Crippen molar-refractivity contribution in [2.75, 3.05) is 0 Å². The summed E-state index contributed by atoms with van der Waals surface area (Å²) in [7, 11) is 0. The van der Waals surface area contributed by atoms with E-state index in [0.29, 0.717) is 5.56 Å². The zero-order valence-corrected chi connectivity index (χ0v) is 11.4. The van der Waals surface area contributed by atoms with Crippen molar-refractivity contribution in [3.8, 4) is 11.8 Å². The number of aryl methyl sites for hydroxylation is 1. The van der Waals surface area contributed by atoms with Crippen molar-refractivity contribution >= 4 is 0 Å². The molecule has 0 saturated carbocycles. The van der Waals surface area contributed by atoms with Gasteiger partial charge in [0.25, 0.3) is 0 Å². The number of rotatable bonds is 1. The molecule has 1 atom stereocenters. The molecule has 0 fully saturated rings. The minimum absolute atomic E-state index is 0.0599. The van der Waals surface area contributed by atoms with Crippen LogP contribution < -0.4 is 5.73 Å². The molecule has 1 heterocycles. The van der Waals surface area contributed by atoms with Crippen molar-refractivity contribution in [1.82, 2.24) is 4.57 Å². The van der Waals surface area contributed by atoms with Crippen LogP contribution in [0.5, 0.6) is 0 Å². The Morgan fingerprint density at radius 2 is 2.20 bits per heavy atom. The first-order valence-corrected chi connectivity index (χ1v) is 6.78. The second kappa shape index (κ2) is 4.77. The predicted molar refractivity (Wildman–Crippen MR) is 75.0 cm³/mol. The summed E-state index contributed by atoms with van der Waals surface area (Å²) in [6.07, 6.45) is 2.98. The van der Waals surface area contributed by atoms with E-state index in [0.717, 1.165) is 41.9 Å². The molecule has 1 aromatic carbocycles. The first-order valence-electron chi connectivity index (χ1n) is 6.78. The Hall–Kier alpha value is -2.12. The van der Waals surface area contributed by atoms with Gasteiger partial charge in [0.1, 0.15) is 11.9 Å². The molecule has 1 unspecified atom stereocenters. The van der Waals surface area contributed by atoms with Gasteiger partial charge in [0.15, 0.2) is 0 Å². The molecule has 3 rings (SSSR count). The molecule has 0 radical (unpaired) electrons. The van der Waals surface area contributed by atoms with Gasteiger partial charge in [-0.25, -0.2) is 4.39 Å². The van der Waals surface area contributed by atoms with Gasteiger partial charge in [-0.2, -0.15) is 5.26 Å². The Morgan fingerprint density at radius 1 is 1.40 bits per heavy atom. The third kappa shape index (κ3) is 1.91. The number of aromatic nitrogens is 1. The summed E-state index contributed by atoms with van der Waals surface area (Å²) in [5, 5.41) is 9.23. The minimum Gasteiger partial charge on any atom is -0.324 e. The Balaban J connectivity index is 2.24. The van der Waals surface area contributed by atoms with Crippen molar-refractivity contribution in [2.45, 2.75) is 32.2 Å². The lowest BCUT2D eigenvalue weighted by Gasteiger charge is -2.21. The topological polar surface area (TPSA) is 54.7 Å². The molecule has 1 aliphatic carbocycles. The SMILES string of the molecule is Cc1cc2c(n1-c1ccc(F)cc1C#N)CCCC2N. The molecule has 0 spiro atoms. The highest BCUT2D eigenvalue weighted by Crippen LogP contribution is 2.33. The van der Waals surface area contributed by atoms with E-state index in [-0.39, 0.29) is 11.9 Å². The Bertz CT molecular complexity index is 709. The molecular formula is C16H16FN3. The number of benzene rings is 1. The lowest BCUT2D eigenvalue weighted by Crippen LogP contribution is -2.18. The van der Waals surface area contributed by atoms with E-state index >= 15 is 0 Å². The molecule has 3 nitrogen and oxygen atoms in total. The van der Waals surface area contributed by atoms with Crippen LogP contribution in [0.4, 0.5) is 4.39 Å². The van der Waals surface area contributed by atoms with Crippen LogP contribution in [0.2, 0.25) is 0 Å². The van der Waals surface area contributed by atoms with E-state index in [2.05, 4.69) is 12.1 Å². The van der Waals surface area contributed by atoms with E-state index in [4.69, 9.17) is 5.73 Å². The second-order valence-electron chi connectivity index (χ2n) is 5.30. The molecule has 102 valence electrons. The number of fused-ring (bicyclic) bond motifs is 1. The summed E-state index contributed by atoms with van der Waals surface area (Å²) in [6.45, 7) is 2.00. The standard InChI is InChI=1S/C16H16FN3/c1-10-7-13-14(19)3-2-4-16(13)20(10)15-6-5-12(17)8-11(15)9-18/h5-8,14H,2-4,19H2,1H3. The lowest BCUT2D eigenvalue weighted by molar-refractivity contribution is 0.559. The number of nitriles is 1. The highest BCUT2D eigenvalue weighted by atomic mass is 19.1. The predicted octanol–water partition coefficient (Wildman–Crippen LogP) is 3.13. The van der Waals surface area contributed by atoms with Crippen LogP contribution in [0.3, 0.4) is 0 Å². The number of hydrogen-bond donors (Lipinski definition) is 1. The van der Waals surface area contributed by atoms with Crippen LogP contribution >= 0.6 is 0 Å². The van der Waals surface area contributed by atoms with Gasteiger partial charge in [-0.05, 0) is 56.0 Å². The zero-order valence-electron chi connectivity index (χ0n) is 11.4. The van der Waals surface area contributed by atoms with E-state index in [9.17, 15) is 9.65 Å². The number of nitrogens with two attached hydrogens (primary N) is 1. The van der Waals surface area contributed by atoms with Crippen LogP contribution in [0, 0.1) is 24.1 Å². The molecule has 2 N–H and O–H groups in total. The molecule has 0 bridgehead atoms. The summed E-state index contributed by atoms with van der Waals surface area (Å²) in [5.41, 5.74) is 10.6. The average molecular weight is 269 g/mol. The normalized spacial score (nSPS) is 17.6. The highest BCUT2D eigenvalue weighted by Gasteiger charge is 2.23. The summed E-state index contributed by atoms with van der Waals surface area (Å²) < 4.78 is 15.3. The number of nitrogens with zero attached hydrogens (tertiary/aromatic N) is 2. The number of hydrogen-bond acceptors (Lipinski definition) is 2. The van der Waals surface area contributed by atoms with E-state index in [1.54, 1.807) is 6.07 Å². The highest BCUT2D eigenvalue weighted by molar-refractivity contribution is 5.53. The Kier molecular flexibility index (Phi) is 3.07. The summed E-state index contributed by atoms with van der Waals surface area (Å²) in [5.74, 6) is -0.388. The summed E-state index contributed by atoms with van der Waals surface area (Å²) >= 11 is 0. The fourth-order valence-corrected chi connectivity index (χ4v) is 3.07. The van der Waals surface area contributed by atoms with Crippen LogP contribution in [0.25, 0.3) is 5.69 Å². The van der Waals surface area contributed by atoms with Crippen molar-refractivity contribution in [3.63, 3.8) is 0 Å². The first kappa shape index (κ1) is 12.9. The van der Waals surface area contributed by atoms with E-state index in [1.165, 1.54) is 12.1 Å². The maximum Gasteiger partial charge on any atom is 0.124 e.